The highest BCUT2D eigenvalue weighted by atomic mass is 32.1. The molecular weight excluding hydrogens is 224 g/mol. The molecule has 0 saturated carbocycles. The number of aliphatic hydroxyl groups excluding tert-OH is 4. The van der Waals surface area contributed by atoms with Crippen molar-refractivity contribution in [3.05, 3.63) is 0 Å². The molecule has 0 radical (unpaired) electrons. The Balaban J connectivity index is 2.60. The molecule has 0 spiro atoms. The van der Waals surface area contributed by atoms with Crippen LogP contribution in [0.1, 0.15) is 0 Å². The van der Waals surface area contributed by atoms with Crippen LogP contribution in [0.25, 0.3) is 0 Å². The van der Waals surface area contributed by atoms with Crippen LogP contribution in [0, 0.1) is 0 Å². The maximum atomic E-state index is 9.46. The number of thiocarbonyl (C=S) groups is 1. The van der Waals surface area contributed by atoms with E-state index in [1.165, 1.54) is 5.37 Å². The second-order valence-electron chi connectivity index (χ2n) is 3.20. The topological polar surface area (TPSA) is 99.4 Å². The van der Waals surface area contributed by atoms with Crippen LogP contribution in [-0.4, -0.2) is 69.7 Å². The molecular formula is C8H14O6S. The molecule has 4 N–H and O–H groups in total. The van der Waals surface area contributed by atoms with Gasteiger partial charge in [0.2, 0.25) is 0 Å². The van der Waals surface area contributed by atoms with Gasteiger partial charge >= 0.3 is 0 Å². The van der Waals surface area contributed by atoms with Gasteiger partial charge in [-0.3, -0.25) is 0 Å². The Morgan fingerprint density at radius 3 is 2.40 bits per heavy atom. The summed E-state index contributed by atoms with van der Waals surface area (Å²) in [6.45, 7) is -0.402. The van der Waals surface area contributed by atoms with Gasteiger partial charge in [-0.15, -0.1) is 0 Å². The zero-order chi connectivity index (χ0) is 11.4. The van der Waals surface area contributed by atoms with Crippen molar-refractivity contribution in [2.75, 3.05) is 13.2 Å². The highest BCUT2D eigenvalue weighted by Gasteiger charge is 2.43. The lowest BCUT2D eigenvalue weighted by Crippen LogP contribution is -2.59. The summed E-state index contributed by atoms with van der Waals surface area (Å²) >= 11 is 4.52. The van der Waals surface area contributed by atoms with E-state index in [0.29, 0.717) is 0 Å². The van der Waals surface area contributed by atoms with E-state index in [9.17, 15) is 15.3 Å². The Bertz CT molecular complexity index is 211. The van der Waals surface area contributed by atoms with Crippen LogP contribution in [0.4, 0.5) is 0 Å². The van der Waals surface area contributed by atoms with Crippen LogP contribution < -0.4 is 0 Å². The second-order valence-corrected chi connectivity index (χ2v) is 3.53. The van der Waals surface area contributed by atoms with Gasteiger partial charge in [-0.05, 0) is 0 Å². The predicted octanol–water partition coefficient (Wildman–Crippen LogP) is -2.20. The highest BCUT2D eigenvalue weighted by Crippen LogP contribution is 2.21. The SMILES string of the molecule is OC[C@H]1O[C@H](OCC=S)[C@H](O)[C@@H](O)[C@@H]1O. The third-order valence-electron chi connectivity index (χ3n) is 2.18. The summed E-state index contributed by atoms with van der Waals surface area (Å²) in [5, 5.41) is 38.4. The molecule has 0 unspecified atom stereocenters. The molecule has 0 aromatic heterocycles. The lowest BCUT2D eigenvalue weighted by molar-refractivity contribution is -0.297. The third kappa shape index (κ3) is 2.91. The molecule has 6 nitrogen and oxygen atoms in total. The monoisotopic (exact) mass is 238 g/mol. The molecule has 1 aliphatic rings. The molecule has 1 aliphatic heterocycles. The summed E-state index contributed by atoms with van der Waals surface area (Å²) in [5.74, 6) is 0. The summed E-state index contributed by atoms with van der Waals surface area (Å²) in [7, 11) is 0. The molecule has 0 bridgehead atoms. The van der Waals surface area contributed by atoms with Gasteiger partial charge in [-0.2, -0.15) is 0 Å². The van der Waals surface area contributed by atoms with E-state index >= 15 is 0 Å². The van der Waals surface area contributed by atoms with E-state index in [-0.39, 0.29) is 6.61 Å². The minimum Gasteiger partial charge on any atom is -0.394 e. The van der Waals surface area contributed by atoms with Gasteiger partial charge in [-0.1, -0.05) is 12.2 Å². The van der Waals surface area contributed by atoms with Crippen molar-refractivity contribution in [2.24, 2.45) is 0 Å². The van der Waals surface area contributed by atoms with Gasteiger partial charge < -0.3 is 29.9 Å². The summed E-state index contributed by atoms with van der Waals surface area (Å²) in [6.07, 6.45) is -6.18. The first-order valence-electron chi connectivity index (χ1n) is 4.47. The number of hydrogen-bond donors (Lipinski definition) is 4. The fraction of sp³-hybridized carbons (Fsp3) is 0.875. The number of rotatable bonds is 4. The van der Waals surface area contributed by atoms with E-state index in [0.717, 1.165) is 0 Å². The summed E-state index contributed by atoms with van der Waals surface area (Å²) < 4.78 is 10.0. The van der Waals surface area contributed by atoms with Crippen LogP contribution in [0.5, 0.6) is 0 Å². The third-order valence-corrected chi connectivity index (χ3v) is 2.31. The highest BCUT2D eigenvalue weighted by molar-refractivity contribution is 7.79. The molecule has 15 heavy (non-hydrogen) atoms. The maximum absolute atomic E-state index is 9.46. The van der Waals surface area contributed by atoms with Crippen molar-refractivity contribution in [1.82, 2.24) is 0 Å². The fourth-order valence-corrected chi connectivity index (χ4v) is 1.42. The minimum absolute atomic E-state index is 0.0675. The van der Waals surface area contributed by atoms with E-state index in [1.54, 1.807) is 0 Å². The molecule has 0 aromatic rings. The smallest absolute Gasteiger partial charge is 0.187 e. The molecule has 0 amide bonds. The Morgan fingerprint density at radius 2 is 1.87 bits per heavy atom. The summed E-state index contributed by atoms with van der Waals surface area (Å²) in [5.41, 5.74) is 0. The zero-order valence-electron chi connectivity index (χ0n) is 7.89. The van der Waals surface area contributed by atoms with Gasteiger partial charge in [0.15, 0.2) is 6.29 Å². The van der Waals surface area contributed by atoms with Crippen molar-refractivity contribution < 1.29 is 29.9 Å². The normalized spacial score (nSPS) is 41.5. The molecule has 0 aromatic carbocycles. The molecule has 88 valence electrons. The van der Waals surface area contributed by atoms with E-state index in [2.05, 4.69) is 12.2 Å². The average Bonchev–Trinajstić information content (AvgIpc) is 2.25. The van der Waals surface area contributed by atoms with Crippen LogP contribution in [-0.2, 0) is 9.47 Å². The predicted molar refractivity (Wildman–Crippen MR) is 53.4 cm³/mol. The molecule has 7 heteroatoms. The first kappa shape index (κ1) is 12.9. The fourth-order valence-electron chi connectivity index (χ4n) is 1.34. The first-order valence-corrected chi connectivity index (χ1v) is 4.94. The van der Waals surface area contributed by atoms with Gasteiger partial charge in [-0.25, -0.2) is 0 Å². The van der Waals surface area contributed by atoms with Crippen molar-refractivity contribution >= 4 is 17.6 Å². The van der Waals surface area contributed by atoms with Crippen molar-refractivity contribution in [3.63, 3.8) is 0 Å². The Hall–Kier alpha value is -0.150. The van der Waals surface area contributed by atoms with Crippen LogP contribution in [0.2, 0.25) is 0 Å². The van der Waals surface area contributed by atoms with Gasteiger partial charge in [0, 0.05) is 5.37 Å². The Kier molecular flexibility index (Phi) is 5.00. The van der Waals surface area contributed by atoms with E-state index < -0.39 is 37.3 Å². The van der Waals surface area contributed by atoms with Gasteiger partial charge in [0.05, 0.1) is 13.2 Å². The zero-order valence-corrected chi connectivity index (χ0v) is 8.71. The van der Waals surface area contributed by atoms with Crippen molar-refractivity contribution in [1.29, 1.82) is 0 Å². The van der Waals surface area contributed by atoms with Crippen molar-refractivity contribution in [2.45, 2.75) is 30.7 Å². The lowest BCUT2D eigenvalue weighted by atomic mass is 9.99. The molecule has 1 heterocycles. The summed E-state index contributed by atoms with van der Waals surface area (Å²) in [4.78, 5) is 0. The molecule has 5 atom stereocenters. The van der Waals surface area contributed by atoms with Gasteiger partial charge in [0.25, 0.3) is 0 Å². The van der Waals surface area contributed by atoms with Gasteiger partial charge in [0.1, 0.15) is 24.4 Å². The van der Waals surface area contributed by atoms with E-state index in [1.807, 2.05) is 0 Å². The maximum Gasteiger partial charge on any atom is 0.187 e. The molecule has 0 aliphatic carbocycles. The number of ether oxygens (including phenoxy) is 2. The number of aliphatic hydroxyl groups is 4. The minimum atomic E-state index is -1.41. The Labute approximate surface area is 92.1 Å². The Morgan fingerprint density at radius 1 is 1.20 bits per heavy atom. The van der Waals surface area contributed by atoms with E-state index in [4.69, 9.17) is 14.6 Å². The van der Waals surface area contributed by atoms with Crippen LogP contribution >= 0.6 is 12.2 Å². The quantitative estimate of drug-likeness (QED) is 0.413. The second kappa shape index (κ2) is 5.80. The standard InChI is InChI=1S/C8H14O6S/c9-3-4-5(10)6(11)7(12)8(14-4)13-1-2-15/h2,4-12H,1,3H2/t4-,5-,6+,7-,8+/m1/s1. The lowest BCUT2D eigenvalue weighted by Gasteiger charge is -2.39. The molecule has 1 saturated heterocycles. The van der Waals surface area contributed by atoms with Crippen LogP contribution in [0.3, 0.4) is 0 Å². The summed E-state index contributed by atoms with van der Waals surface area (Å²) in [6, 6.07) is 0. The molecule has 1 rings (SSSR count). The first-order chi connectivity index (χ1) is 7.11. The largest absolute Gasteiger partial charge is 0.394 e. The number of hydrogen-bond acceptors (Lipinski definition) is 7. The van der Waals surface area contributed by atoms with Crippen molar-refractivity contribution in [3.8, 4) is 0 Å². The average molecular weight is 238 g/mol. The van der Waals surface area contributed by atoms with Crippen LogP contribution in [0.15, 0.2) is 0 Å². The molecule has 1 fully saturated rings.